The zero-order valence-corrected chi connectivity index (χ0v) is 15.3. The van der Waals surface area contributed by atoms with E-state index in [0.29, 0.717) is 16.5 Å². The average Bonchev–Trinajstić information content (AvgIpc) is 3.10. The second kappa shape index (κ2) is 8.14. The lowest BCUT2D eigenvalue weighted by molar-refractivity contribution is -0.116. The number of thioether (sulfide) groups is 1. The van der Waals surface area contributed by atoms with Gasteiger partial charge in [0.15, 0.2) is 5.82 Å². The topological polar surface area (TPSA) is 61.9 Å². The number of hydrogen-bond acceptors (Lipinski definition) is 4. The number of carbonyl (C=O) groups excluding carboxylic acids is 1. The van der Waals surface area contributed by atoms with E-state index in [9.17, 15) is 9.18 Å². The Morgan fingerprint density at radius 3 is 2.54 bits per heavy atom. The van der Waals surface area contributed by atoms with Gasteiger partial charge in [0.2, 0.25) is 11.1 Å². The molecule has 1 N–H and O–H groups in total. The molecule has 3 rings (SSSR count). The van der Waals surface area contributed by atoms with Crippen LogP contribution in [-0.4, -0.2) is 32.9 Å². The average molecular weight is 370 g/mol. The Morgan fingerprint density at radius 2 is 1.85 bits per heavy atom. The van der Waals surface area contributed by atoms with Crippen LogP contribution < -0.4 is 4.90 Å². The first-order valence-corrected chi connectivity index (χ1v) is 9.22. The summed E-state index contributed by atoms with van der Waals surface area (Å²) in [7, 11) is 0. The molecule has 0 fully saturated rings. The Balaban J connectivity index is 1.69. The smallest absolute Gasteiger partial charge is 0.237 e. The van der Waals surface area contributed by atoms with E-state index < -0.39 is 0 Å². The van der Waals surface area contributed by atoms with Crippen LogP contribution in [-0.2, 0) is 4.79 Å². The summed E-state index contributed by atoms with van der Waals surface area (Å²) in [5.74, 6) is 0.142. The number of hydrogen-bond donors (Lipinski definition) is 1. The van der Waals surface area contributed by atoms with Crippen LogP contribution in [0.25, 0.3) is 11.4 Å². The molecule has 0 aliphatic rings. The van der Waals surface area contributed by atoms with Crippen molar-refractivity contribution in [1.29, 1.82) is 0 Å². The fraction of sp³-hybridized carbons (Fsp3) is 0.211. The van der Waals surface area contributed by atoms with Gasteiger partial charge in [-0.1, -0.05) is 42.1 Å². The van der Waals surface area contributed by atoms with Crippen molar-refractivity contribution in [2.75, 3.05) is 10.7 Å². The van der Waals surface area contributed by atoms with E-state index in [0.717, 1.165) is 5.69 Å². The van der Waals surface area contributed by atoms with E-state index >= 15 is 0 Å². The molecular weight excluding hydrogens is 351 g/mol. The summed E-state index contributed by atoms with van der Waals surface area (Å²) in [6.45, 7) is 3.94. The standard InChI is InChI=1S/C19H19FN4OS/c1-13(2)24(14-8-4-3-5-9-14)17(25)12-26-19-21-18(22-23-19)15-10-6-7-11-16(15)20/h3-11,13H,12H2,1-2H3,(H,21,22,23). The van der Waals surface area contributed by atoms with Crippen molar-refractivity contribution in [2.24, 2.45) is 0 Å². The number of anilines is 1. The minimum Gasteiger partial charge on any atom is -0.309 e. The van der Waals surface area contributed by atoms with Gasteiger partial charge in [0.05, 0.1) is 11.3 Å². The normalized spacial score (nSPS) is 10.9. The number of carbonyl (C=O) groups is 1. The SMILES string of the molecule is CC(C)N(C(=O)CSc1n[nH]c(-c2ccccc2F)n1)c1ccccc1. The quantitative estimate of drug-likeness (QED) is 0.662. The largest absolute Gasteiger partial charge is 0.309 e. The summed E-state index contributed by atoms with van der Waals surface area (Å²) in [5, 5.41) is 7.21. The lowest BCUT2D eigenvalue weighted by Crippen LogP contribution is -2.38. The van der Waals surface area contributed by atoms with E-state index in [-0.39, 0.29) is 23.5 Å². The molecule has 0 radical (unpaired) electrons. The van der Waals surface area contributed by atoms with Crippen LogP contribution in [0.1, 0.15) is 13.8 Å². The van der Waals surface area contributed by atoms with Crippen molar-refractivity contribution in [1.82, 2.24) is 15.2 Å². The van der Waals surface area contributed by atoms with E-state index in [2.05, 4.69) is 15.2 Å². The summed E-state index contributed by atoms with van der Waals surface area (Å²) in [6.07, 6.45) is 0. The maximum absolute atomic E-state index is 13.8. The number of aromatic amines is 1. The Hall–Kier alpha value is -2.67. The Kier molecular flexibility index (Phi) is 5.68. The second-order valence-corrected chi connectivity index (χ2v) is 6.87. The molecule has 0 aliphatic heterocycles. The number of nitrogens with one attached hydrogen (secondary N) is 1. The monoisotopic (exact) mass is 370 g/mol. The van der Waals surface area contributed by atoms with Crippen LogP contribution in [0, 0.1) is 5.82 Å². The number of nitrogens with zero attached hydrogens (tertiary/aromatic N) is 3. The zero-order chi connectivity index (χ0) is 18.5. The molecule has 1 heterocycles. The van der Waals surface area contributed by atoms with Gasteiger partial charge in [-0.3, -0.25) is 9.89 Å². The summed E-state index contributed by atoms with van der Waals surface area (Å²) < 4.78 is 13.8. The number of H-pyrrole nitrogens is 1. The van der Waals surface area contributed by atoms with Gasteiger partial charge in [-0.25, -0.2) is 9.37 Å². The van der Waals surface area contributed by atoms with Crippen molar-refractivity contribution < 1.29 is 9.18 Å². The van der Waals surface area contributed by atoms with Crippen molar-refractivity contribution in [3.8, 4) is 11.4 Å². The van der Waals surface area contributed by atoms with Gasteiger partial charge in [0, 0.05) is 11.7 Å². The molecule has 0 atom stereocenters. The third-order valence-corrected chi connectivity index (χ3v) is 4.57. The molecule has 7 heteroatoms. The second-order valence-electron chi connectivity index (χ2n) is 5.93. The Morgan fingerprint density at radius 1 is 1.15 bits per heavy atom. The molecule has 5 nitrogen and oxygen atoms in total. The molecule has 0 saturated heterocycles. The fourth-order valence-electron chi connectivity index (χ4n) is 2.60. The van der Waals surface area contributed by atoms with Crippen LogP contribution in [0.15, 0.2) is 59.8 Å². The minimum atomic E-state index is -0.369. The highest BCUT2D eigenvalue weighted by molar-refractivity contribution is 7.99. The molecule has 2 aromatic carbocycles. The van der Waals surface area contributed by atoms with Crippen LogP contribution in [0.2, 0.25) is 0 Å². The number of benzene rings is 2. The van der Waals surface area contributed by atoms with Gasteiger partial charge in [-0.2, -0.15) is 0 Å². The van der Waals surface area contributed by atoms with Gasteiger partial charge < -0.3 is 4.90 Å². The first-order chi connectivity index (χ1) is 12.6. The first kappa shape index (κ1) is 18.1. The predicted molar refractivity (Wildman–Crippen MR) is 102 cm³/mol. The molecule has 3 aromatic rings. The Labute approximate surface area is 155 Å². The van der Waals surface area contributed by atoms with Crippen molar-refractivity contribution in [3.05, 3.63) is 60.4 Å². The summed E-state index contributed by atoms with van der Waals surface area (Å²) in [4.78, 5) is 18.7. The molecule has 26 heavy (non-hydrogen) atoms. The molecular formula is C19H19FN4OS. The van der Waals surface area contributed by atoms with Crippen LogP contribution in [0.4, 0.5) is 10.1 Å². The van der Waals surface area contributed by atoms with E-state index in [4.69, 9.17) is 0 Å². The van der Waals surface area contributed by atoms with Crippen LogP contribution >= 0.6 is 11.8 Å². The predicted octanol–water partition coefficient (Wildman–Crippen LogP) is 4.14. The number of para-hydroxylation sites is 1. The third-order valence-electron chi connectivity index (χ3n) is 3.74. The number of halogens is 1. The van der Waals surface area contributed by atoms with Crippen molar-refractivity contribution in [2.45, 2.75) is 25.0 Å². The zero-order valence-electron chi connectivity index (χ0n) is 14.5. The molecule has 0 spiro atoms. The number of rotatable bonds is 6. The molecule has 1 amide bonds. The molecule has 1 aromatic heterocycles. The number of aromatic nitrogens is 3. The Bertz CT molecular complexity index is 882. The van der Waals surface area contributed by atoms with Gasteiger partial charge >= 0.3 is 0 Å². The third kappa shape index (κ3) is 4.11. The highest BCUT2D eigenvalue weighted by Gasteiger charge is 2.20. The molecule has 0 saturated carbocycles. The summed E-state index contributed by atoms with van der Waals surface area (Å²) in [5.41, 5.74) is 1.21. The lowest BCUT2D eigenvalue weighted by Gasteiger charge is -2.26. The van der Waals surface area contributed by atoms with Crippen molar-refractivity contribution in [3.63, 3.8) is 0 Å². The van der Waals surface area contributed by atoms with Gasteiger partial charge in [-0.05, 0) is 38.1 Å². The minimum absolute atomic E-state index is 0.0339. The van der Waals surface area contributed by atoms with Gasteiger partial charge in [0.1, 0.15) is 5.82 Å². The maximum Gasteiger partial charge on any atom is 0.237 e. The molecule has 0 aliphatic carbocycles. The molecule has 0 bridgehead atoms. The van der Waals surface area contributed by atoms with Crippen LogP contribution in [0.3, 0.4) is 0 Å². The lowest BCUT2D eigenvalue weighted by atomic mass is 10.2. The number of amides is 1. The van der Waals surface area contributed by atoms with E-state index in [1.54, 1.807) is 23.1 Å². The highest BCUT2D eigenvalue weighted by atomic mass is 32.2. The summed E-state index contributed by atoms with van der Waals surface area (Å²) >= 11 is 1.22. The van der Waals surface area contributed by atoms with E-state index in [1.165, 1.54) is 17.8 Å². The van der Waals surface area contributed by atoms with Crippen molar-refractivity contribution >= 4 is 23.4 Å². The fourth-order valence-corrected chi connectivity index (χ4v) is 3.26. The first-order valence-electron chi connectivity index (χ1n) is 8.23. The van der Waals surface area contributed by atoms with Crippen LogP contribution in [0.5, 0.6) is 0 Å². The van der Waals surface area contributed by atoms with E-state index in [1.807, 2.05) is 44.2 Å². The maximum atomic E-state index is 13.8. The van der Waals surface area contributed by atoms with Gasteiger partial charge in [0.25, 0.3) is 0 Å². The molecule has 134 valence electrons. The van der Waals surface area contributed by atoms with Gasteiger partial charge in [-0.15, -0.1) is 5.10 Å². The summed E-state index contributed by atoms with van der Waals surface area (Å²) in [6, 6.07) is 15.9. The highest BCUT2D eigenvalue weighted by Crippen LogP contribution is 2.23. The molecule has 0 unspecified atom stereocenters.